The second kappa shape index (κ2) is 10.9. The fourth-order valence-electron chi connectivity index (χ4n) is 2.48. The Labute approximate surface area is 159 Å². The molecule has 6 heteroatoms. The van der Waals surface area contributed by atoms with Gasteiger partial charge in [0, 0.05) is 25.6 Å². The van der Waals surface area contributed by atoms with Crippen molar-refractivity contribution in [2.24, 2.45) is 0 Å². The summed E-state index contributed by atoms with van der Waals surface area (Å²) in [4.78, 5) is 24.0. The highest BCUT2D eigenvalue weighted by atomic mass is 16.5. The van der Waals surface area contributed by atoms with Gasteiger partial charge in [-0.05, 0) is 17.7 Å². The highest BCUT2D eigenvalue weighted by molar-refractivity contribution is 5.66. The van der Waals surface area contributed by atoms with Crippen molar-refractivity contribution in [3.63, 3.8) is 0 Å². The molecule has 0 bridgehead atoms. The molecule has 0 spiro atoms. The monoisotopic (exact) mass is 371 g/mol. The van der Waals surface area contributed by atoms with Gasteiger partial charge in [-0.15, -0.1) is 0 Å². The van der Waals surface area contributed by atoms with Crippen LogP contribution in [0.5, 0.6) is 5.75 Å². The van der Waals surface area contributed by atoms with E-state index < -0.39 is 0 Å². The maximum absolute atomic E-state index is 11.0. The van der Waals surface area contributed by atoms with E-state index in [1.54, 1.807) is 0 Å². The van der Waals surface area contributed by atoms with E-state index in [1.165, 1.54) is 13.8 Å². The molecule has 0 saturated carbocycles. The predicted molar refractivity (Wildman–Crippen MR) is 103 cm³/mol. The summed E-state index contributed by atoms with van der Waals surface area (Å²) in [6.45, 7) is 4.72. The first-order valence-electron chi connectivity index (χ1n) is 8.83. The van der Waals surface area contributed by atoms with Crippen LogP contribution < -0.4 is 9.64 Å². The van der Waals surface area contributed by atoms with Crippen molar-refractivity contribution < 1.29 is 23.8 Å². The molecule has 0 N–H and O–H groups in total. The van der Waals surface area contributed by atoms with Crippen LogP contribution in [-0.4, -0.2) is 38.2 Å². The summed E-state index contributed by atoms with van der Waals surface area (Å²) >= 11 is 0. The second-order valence-electron chi connectivity index (χ2n) is 5.94. The first kappa shape index (κ1) is 20.3. The van der Waals surface area contributed by atoms with Gasteiger partial charge in [0.15, 0.2) is 0 Å². The Morgan fingerprint density at radius 2 is 1.48 bits per heavy atom. The summed E-state index contributed by atoms with van der Waals surface area (Å²) in [6, 6.07) is 17.6. The molecule has 0 heterocycles. The highest BCUT2D eigenvalue weighted by Crippen LogP contribution is 2.22. The van der Waals surface area contributed by atoms with Gasteiger partial charge >= 0.3 is 11.9 Å². The minimum Gasteiger partial charge on any atom is -0.489 e. The van der Waals surface area contributed by atoms with Crippen LogP contribution in [0.1, 0.15) is 19.4 Å². The SMILES string of the molecule is CC(=O)OCCN(CCOC(C)=O)c1cccc(OCc2ccccc2)c1. The number of anilines is 1. The molecule has 0 aliphatic rings. The van der Waals surface area contributed by atoms with Gasteiger partial charge in [0.05, 0.1) is 13.1 Å². The van der Waals surface area contributed by atoms with Gasteiger partial charge in [-0.2, -0.15) is 0 Å². The number of nitrogens with zero attached hydrogens (tertiary/aromatic N) is 1. The normalized spacial score (nSPS) is 10.1. The van der Waals surface area contributed by atoms with Crippen molar-refractivity contribution >= 4 is 17.6 Å². The Balaban J connectivity index is 2.01. The number of rotatable bonds is 10. The second-order valence-corrected chi connectivity index (χ2v) is 5.94. The molecular formula is C21H25NO5. The topological polar surface area (TPSA) is 65.1 Å². The van der Waals surface area contributed by atoms with Crippen molar-refractivity contribution in [2.45, 2.75) is 20.5 Å². The predicted octanol–water partition coefficient (Wildman–Crippen LogP) is 3.20. The Bertz CT molecular complexity index is 712. The van der Waals surface area contributed by atoms with Crippen molar-refractivity contribution in [1.29, 1.82) is 0 Å². The average Bonchev–Trinajstić information content (AvgIpc) is 2.66. The third kappa shape index (κ3) is 7.81. The van der Waals surface area contributed by atoms with Gasteiger partial charge in [-0.1, -0.05) is 36.4 Å². The molecule has 144 valence electrons. The molecule has 0 aliphatic heterocycles. The van der Waals surface area contributed by atoms with Crippen molar-refractivity contribution in [1.82, 2.24) is 0 Å². The lowest BCUT2D eigenvalue weighted by atomic mass is 10.2. The molecule has 27 heavy (non-hydrogen) atoms. The molecule has 2 rings (SSSR count). The zero-order valence-electron chi connectivity index (χ0n) is 15.7. The molecule has 0 aliphatic carbocycles. The Hall–Kier alpha value is -3.02. The summed E-state index contributed by atoms with van der Waals surface area (Å²) in [7, 11) is 0. The Morgan fingerprint density at radius 1 is 0.852 bits per heavy atom. The molecule has 0 saturated heterocycles. The summed E-state index contributed by atoms with van der Waals surface area (Å²) in [6.07, 6.45) is 0. The third-order valence-corrected chi connectivity index (χ3v) is 3.76. The van der Waals surface area contributed by atoms with E-state index in [0.29, 0.717) is 19.7 Å². The van der Waals surface area contributed by atoms with Crippen LogP contribution in [0.3, 0.4) is 0 Å². The number of carbonyl (C=O) groups excluding carboxylic acids is 2. The zero-order valence-corrected chi connectivity index (χ0v) is 15.7. The van der Waals surface area contributed by atoms with Gasteiger partial charge in [0.25, 0.3) is 0 Å². The molecule has 0 atom stereocenters. The van der Waals surface area contributed by atoms with E-state index in [1.807, 2.05) is 59.5 Å². The fourth-order valence-corrected chi connectivity index (χ4v) is 2.48. The van der Waals surface area contributed by atoms with Gasteiger partial charge in [0.2, 0.25) is 0 Å². The quantitative estimate of drug-likeness (QED) is 0.598. The standard InChI is InChI=1S/C21H25NO5/c1-17(23)25-13-11-22(12-14-26-18(2)24)20-9-6-10-21(15-20)27-16-19-7-4-3-5-8-19/h3-10,15H,11-14,16H2,1-2H3. The van der Waals surface area contributed by atoms with E-state index in [2.05, 4.69) is 0 Å². The molecule has 0 unspecified atom stereocenters. The van der Waals surface area contributed by atoms with Crippen LogP contribution in [0.25, 0.3) is 0 Å². The molecule has 0 fully saturated rings. The maximum atomic E-state index is 11.0. The first-order chi connectivity index (χ1) is 13.0. The van der Waals surface area contributed by atoms with Crippen LogP contribution in [0.2, 0.25) is 0 Å². The van der Waals surface area contributed by atoms with Crippen LogP contribution in [0.15, 0.2) is 54.6 Å². The van der Waals surface area contributed by atoms with E-state index >= 15 is 0 Å². The van der Waals surface area contributed by atoms with Gasteiger partial charge in [-0.3, -0.25) is 9.59 Å². The summed E-state index contributed by atoms with van der Waals surface area (Å²) in [5.74, 6) is 0.0890. The smallest absolute Gasteiger partial charge is 0.302 e. The first-order valence-corrected chi connectivity index (χ1v) is 8.83. The maximum Gasteiger partial charge on any atom is 0.302 e. The summed E-state index contributed by atoms with van der Waals surface area (Å²) in [5.41, 5.74) is 1.99. The fraction of sp³-hybridized carbons (Fsp3) is 0.333. The van der Waals surface area contributed by atoms with Gasteiger partial charge < -0.3 is 19.1 Å². The lowest BCUT2D eigenvalue weighted by molar-refractivity contribution is -0.141. The van der Waals surface area contributed by atoms with Crippen LogP contribution in [-0.2, 0) is 25.7 Å². The molecule has 0 amide bonds. The van der Waals surface area contributed by atoms with Crippen LogP contribution >= 0.6 is 0 Å². The lowest BCUT2D eigenvalue weighted by Crippen LogP contribution is -2.31. The Kier molecular flexibility index (Phi) is 8.16. The molecule has 2 aromatic carbocycles. The average molecular weight is 371 g/mol. The molecule has 0 aromatic heterocycles. The molecular weight excluding hydrogens is 346 g/mol. The largest absolute Gasteiger partial charge is 0.489 e. The van der Waals surface area contributed by atoms with E-state index in [0.717, 1.165) is 17.0 Å². The van der Waals surface area contributed by atoms with Gasteiger partial charge in [-0.25, -0.2) is 0 Å². The van der Waals surface area contributed by atoms with E-state index in [9.17, 15) is 9.59 Å². The minimum atomic E-state index is -0.324. The number of ether oxygens (including phenoxy) is 3. The van der Waals surface area contributed by atoms with Crippen molar-refractivity contribution in [3.8, 4) is 5.75 Å². The van der Waals surface area contributed by atoms with Crippen molar-refractivity contribution in [3.05, 3.63) is 60.2 Å². The zero-order chi connectivity index (χ0) is 19.5. The van der Waals surface area contributed by atoms with E-state index in [-0.39, 0.29) is 25.2 Å². The highest BCUT2D eigenvalue weighted by Gasteiger charge is 2.10. The Morgan fingerprint density at radius 3 is 2.07 bits per heavy atom. The number of hydrogen-bond acceptors (Lipinski definition) is 6. The molecule has 2 aromatic rings. The summed E-state index contributed by atoms with van der Waals surface area (Å²) < 4.78 is 15.9. The number of esters is 2. The molecule has 0 radical (unpaired) electrons. The van der Waals surface area contributed by atoms with Crippen LogP contribution in [0.4, 0.5) is 5.69 Å². The molecule has 6 nitrogen and oxygen atoms in total. The summed E-state index contributed by atoms with van der Waals surface area (Å²) in [5, 5.41) is 0. The number of carbonyl (C=O) groups is 2. The lowest BCUT2D eigenvalue weighted by Gasteiger charge is -2.25. The minimum absolute atomic E-state index is 0.254. The number of benzene rings is 2. The number of hydrogen-bond donors (Lipinski definition) is 0. The van der Waals surface area contributed by atoms with Crippen molar-refractivity contribution in [2.75, 3.05) is 31.2 Å². The third-order valence-electron chi connectivity index (χ3n) is 3.76. The van der Waals surface area contributed by atoms with Gasteiger partial charge in [0.1, 0.15) is 25.6 Å². The van der Waals surface area contributed by atoms with Crippen LogP contribution in [0, 0.1) is 0 Å². The van der Waals surface area contributed by atoms with E-state index in [4.69, 9.17) is 14.2 Å².